The molecule has 2 heterocycles. The summed E-state index contributed by atoms with van der Waals surface area (Å²) < 4.78 is 0. The molecule has 1 aromatic heterocycles. The van der Waals surface area contributed by atoms with Crippen molar-refractivity contribution in [1.29, 1.82) is 0 Å². The Morgan fingerprint density at radius 1 is 1.08 bits per heavy atom. The highest BCUT2D eigenvalue weighted by atomic mass is 16.2. The first-order valence-electron chi connectivity index (χ1n) is 10.5. The van der Waals surface area contributed by atoms with Crippen molar-refractivity contribution in [3.05, 3.63) is 18.6 Å². The van der Waals surface area contributed by atoms with E-state index in [-0.39, 0.29) is 5.41 Å². The highest BCUT2D eigenvalue weighted by Gasteiger charge is 2.54. The summed E-state index contributed by atoms with van der Waals surface area (Å²) in [5.74, 6) is 4.46. The summed E-state index contributed by atoms with van der Waals surface area (Å²) in [4.78, 5) is 24.0. The van der Waals surface area contributed by atoms with E-state index in [9.17, 15) is 4.79 Å². The first-order valence-corrected chi connectivity index (χ1v) is 10.5. The predicted octanol–water partition coefficient (Wildman–Crippen LogP) is 3.03. The van der Waals surface area contributed by atoms with Crippen LogP contribution in [0.3, 0.4) is 0 Å². The molecule has 0 radical (unpaired) electrons. The van der Waals surface area contributed by atoms with Gasteiger partial charge in [0, 0.05) is 37.4 Å². The maximum atomic E-state index is 13.1. The van der Waals surface area contributed by atoms with E-state index >= 15 is 0 Å². The number of anilines is 1. The molecule has 1 aliphatic heterocycles. The van der Waals surface area contributed by atoms with Gasteiger partial charge in [0.1, 0.15) is 5.82 Å². The Bertz CT molecular complexity index is 618. The molecule has 0 unspecified atom stereocenters. The summed E-state index contributed by atoms with van der Waals surface area (Å²) in [5.41, 5.74) is -0.00488. The standard InChI is InChI=1S/C21H30N4O/c26-20(21-10-16-7-17(11-21)9-18(8-16)12-21)24-13-15-1-5-25(6-2-15)19-14-22-3-4-23-19/h3-4,14-18H,1-2,5-13H2,(H,24,26). The number of aromatic nitrogens is 2. The van der Waals surface area contributed by atoms with E-state index in [0.29, 0.717) is 11.8 Å². The van der Waals surface area contributed by atoms with Crippen molar-refractivity contribution < 1.29 is 4.79 Å². The fourth-order valence-corrected chi connectivity index (χ4v) is 6.63. The fourth-order valence-electron chi connectivity index (χ4n) is 6.63. The van der Waals surface area contributed by atoms with Gasteiger partial charge in [-0.05, 0) is 75.0 Å². The normalized spacial score (nSPS) is 36.3. The van der Waals surface area contributed by atoms with E-state index in [0.717, 1.165) is 75.3 Å². The number of carbonyl (C=O) groups is 1. The molecule has 1 N–H and O–H groups in total. The number of amides is 1. The van der Waals surface area contributed by atoms with E-state index in [1.54, 1.807) is 12.4 Å². The largest absolute Gasteiger partial charge is 0.355 e. The molecule has 0 spiro atoms. The quantitative estimate of drug-likeness (QED) is 0.903. The van der Waals surface area contributed by atoms with Crippen molar-refractivity contribution in [3.8, 4) is 0 Å². The van der Waals surface area contributed by atoms with Crippen molar-refractivity contribution in [2.45, 2.75) is 51.4 Å². The third-order valence-corrected chi connectivity index (χ3v) is 7.56. The molecule has 5 nitrogen and oxygen atoms in total. The van der Waals surface area contributed by atoms with Crippen LogP contribution in [0.15, 0.2) is 18.6 Å². The van der Waals surface area contributed by atoms with Gasteiger partial charge in [-0.3, -0.25) is 9.78 Å². The number of piperidine rings is 1. The van der Waals surface area contributed by atoms with Gasteiger partial charge in [-0.15, -0.1) is 0 Å². The molecule has 0 atom stereocenters. The number of rotatable bonds is 4. The number of hydrogen-bond acceptors (Lipinski definition) is 4. The summed E-state index contributed by atoms with van der Waals surface area (Å²) in [6.45, 7) is 2.88. The molecule has 5 aliphatic rings. The molecule has 26 heavy (non-hydrogen) atoms. The summed E-state index contributed by atoms with van der Waals surface area (Å²) in [6.07, 6.45) is 15.2. The minimum absolute atomic E-state index is 0.00488. The lowest BCUT2D eigenvalue weighted by molar-refractivity contribution is -0.146. The zero-order valence-corrected chi connectivity index (χ0v) is 15.6. The summed E-state index contributed by atoms with van der Waals surface area (Å²) >= 11 is 0. The molecular formula is C21H30N4O. The average molecular weight is 354 g/mol. The van der Waals surface area contributed by atoms with Crippen LogP contribution in [0, 0.1) is 29.1 Å². The second-order valence-corrected chi connectivity index (χ2v) is 9.40. The molecule has 140 valence electrons. The van der Waals surface area contributed by atoms with Crippen LogP contribution in [-0.2, 0) is 4.79 Å². The van der Waals surface area contributed by atoms with Crippen molar-refractivity contribution in [3.63, 3.8) is 0 Å². The van der Waals surface area contributed by atoms with Gasteiger partial charge in [0.05, 0.1) is 6.20 Å². The van der Waals surface area contributed by atoms with Crippen LogP contribution in [0.1, 0.15) is 51.4 Å². The second kappa shape index (κ2) is 6.50. The Hall–Kier alpha value is -1.65. The van der Waals surface area contributed by atoms with Gasteiger partial charge in [-0.1, -0.05) is 0 Å². The van der Waals surface area contributed by atoms with E-state index in [1.807, 2.05) is 6.20 Å². The number of carbonyl (C=O) groups excluding carboxylic acids is 1. The van der Waals surface area contributed by atoms with Crippen LogP contribution in [0.2, 0.25) is 0 Å². The Morgan fingerprint density at radius 3 is 2.31 bits per heavy atom. The van der Waals surface area contributed by atoms with Gasteiger partial charge < -0.3 is 10.2 Å². The van der Waals surface area contributed by atoms with Crippen LogP contribution in [0.4, 0.5) is 5.82 Å². The van der Waals surface area contributed by atoms with E-state index in [2.05, 4.69) is 20.2 Å². The van der Waals surface area contributed by atoms with Crippen LogP contribution in [0.5, 0.6) is 0 Å². The average Bonchev–Trinajstić information content (AvgIpc) is 2.66. The van der Waals surface area contributed by atoms with Crippen LogP contribution in [-0.4, -0.2) is 35.5 Å². The maximum absolute atomic E-state index is 13.1. The Labute approximate surface area is 156 Å². The zero-order valence-electron chi connectivity index (χ0n) is 15.6. The number of nitrogens with one attached hydrogen (secondary N) is 1. The lowest BCUT2D eigenvalue weighted by Gasteiger charge is -2.55. The van der Waals surface area contributed by atoms with Crippen molar-refractivity contribution in [1.82, 2.24) is 15.3 Å². The van der Waals surface area contributed by atoms with E-state index in [1.165, 1.54) is 19.3 Å². The van der Waals surface area contributed by atoms with Crippen LogP contribution >= 0.6 is 0 Å². The van der Waals surface area contributed by atoms with Crippen molar-refractivity contribution in [2.24, 2.45) is 29.1 Å². The molecule has 4 aliphatic carbocycles. The van der Waals surface area contributed by atoms with Gasteiger partial charge in [0.2, 0.25) is 5.91 Å². The fraction of sp³-hybridized carbons (Fsp3) is 0.762. The Kier molecular flexibility index (Phi) is 4.13. The highest BCUT2D eigenvalue weighted by molar-refractivity contribution is 5.83. The minimum atomic E-state index is -0.00488. The zero-order chi connectivity index (χ0) is 17.6. The van der Waals surface area contributed by atoms with Crippen molar-refractivity contribution in [2.75, 3.05) is 24.5 Å². The first-order chi connectivity index (χ1) is 12.7. The summed E-state index contributed by atoms with van der Waals surface area (Å²) in [7, 11) is 0. The highest BCUT2D eigenvalue weighted by Crippen LogP contribution is 2.60. The number of nitrogens with zero attached hydrogens (tertiary/aromatic N) is 3. The third-order valence-electron chi connectivity index (χ3n) is 7.56. The molecule has 0 aromatic carbocycles. The molecule has 4 saturated carbocycles. The van der Waals surface area contributed by atoms with Crippen LogP contribution in [0.25, 0.3) is 0 Å². The molecular weight excluding hydrogens is 324 g/mol. The van der Waals surface area contributed by atoms with Gasteiger partial charge in [-0.2, -0.15) is 0 Å². The monoisotopic (exact) mass is 354 g/mol. The molecule has 1 amide bonds. The Balaban J connectivity index is 1.14. The van der Waals surface area contributed by atoms with Gasteiger partial charge in [0.25, 0.3) is 0 Å². The molecule has 1 saturated heterocycles. The van der Waals surface area contributed by atoms with Gasteiger partial charge in [0.15, 0.2) is 0 Å². The molecule has 4 bridgehead atoms. The van der Waals surface area contributed by atoms with Gasteiger partial charge in [-0.25, -0.2) is 4.98 Å². The second-order valence-electron chi connectivity index (χ2n) is 9.40. The lowest BCUT2D eigenvalue weighted by atomic mass is 9.49. The van der Waals surface area contributed by atoms with Gasteiger partial charge >= 0.3 is 0 Å². The van der Waals surface area contributed by atoms with Crippen molar-refractivity contribution >= 4 is 11.7 Å². The summed E-state index contributed by atoms with van der Waals surface area (Å²) in [5, 5.41) is 3.38. The predicted molar refractivity (Wildman–Crippen MR) is 101 cm³/mol. The first kappa shape index (κ1) is 16.5. The molecule has 5 fully saturated rings. The van der Waals surface area contributed by atoms with E-state index < -0.39 is 0 Å². The molecule has 1 aromatic rings. The summed E-state index contributed by atoms with van der Waals surface area (Å²) in [6, 6.07) is 0. The topological polar surface area (TPSA) is 58.1 Å². The number of hydrogen-bond donors (Lipinski definition) is 1. The lowest BCUT2D eigenvalue weighted by Crippen LogP contribution is -2.54. The smallest absolute Gasteiger partial charge is 0.226 e. The van der Waals surface area contributed by atoms with Crippen LogP contribution < -0.4 is 10.2 Å². The maximum Gasteiger partial charge on any atom is 0.226 e. The van der Waals surface area contributed by atoms with E-state index in [4.69, 9.17) is 0 Å². The minimum Gasteiger partial charge on any atom is -0.355 e. The SMILES string of the molecule is O=C(NCC1CCN(c2cnccn2)CC1)C12CC3CC(CC(C3)C1)C2. The molecule has 5 heteroatoms. The molecule has 6 rings (SSSR count). The third kappa shape index (κ3) is 2.99. The Morgan fingerprint density at radius 2 is 1.73 bits per heavy atom.